The van der Waals surface area contributed by atoms with Gasteiger partial charge >= 0.3 is 0 Å². The van der Waals surface area contributed by atoms with Crippen LogP contribution < -0.4 is 0 Å². The van der Waals surface area contributed by atoms with Crippen LogP contribution in [0.2, 0.25) is 0 Å². The van der Waals surface area contributed by atoms with Gasteiger partial charge in [-0.25, -0.2) is 0 Å². The van der Waals surface area contributed by atoms with Crippen molar-refractivity contribution in [3.63, 3.8) is 0 Å². The Morgan fingerprint density at radius 1 is 1.15 bits per heavy atom. The highest BCUT2D eigenvalue weighted by molar-refractivity contribution is 8.08. The number of hydrogen-bond donors (Lipinski definition) is 0. The topological polar surface area (TPSA) is 0 Å². The Balaban J connectivity index is 2.07. The van der Waals surface area contributed by atoms with Gasteiger partial charge in [0.05, 0.1) is 0 Å². The molecule has 0 N–H and O–H groups in total. The second-order valence-corrected chi connectivity index (χ2v) is 9.36. The van der Waals surface area contributed by atoms with E-state index in [1.54, 1.807) is 15.3 Å². The van der Waals surface area contributed by atoms with Crippen LogP contribution in [0.3, 0.4) is 0 Å². The fraction of sp³-hybridized carbons (Fsp3) is 0.667. The van der Waals surface area contributed by atoms with E-state index in [0.717, 1.165) is 11.8 Å². The molecule has 1 aromatic heterocycles. The van der Waals surface area contributed by atoms with Crippen molar-refractivity contribution in [3.8, 4) is 0 Å². The van der Waals surface area contributed by atoms with Crippen LogP contribution in [-0.4, -0.2) is 5.75 Å². The van der Waals surface area contributed by atoms with E-state index in [1.165, 1.54) is 31.4 Å². The van der Waals surface area contributed by atoms with Gasteiger partial charge in [0.1, 0.15) is 0 Å². The second-order valence-electron chi connectivity index (χ2n) is 7.33. The normalized spacial score (nSPS) is 20.7. The van der Waals surface area contributed by atoms with Gasteiger partial charge in [-0.15, -0.1) is 23.1 Å². The number of thioether (sulfide) groups is 1. The molecular formula is C18H26S2. The summed E-state index contributed by atoms with van der Waals surface area (Å²) in [6.45, 7) is 9.59. The van der Waals surface area contributed by atoms with E-state index in [0.29, 0.717) is 5.41 Å². The molecule has 0 aromatic carbocycles. The van der Waals surface area contributed by atoms with E-state index >= 15 is 0 Å². The smallest absolute Gasteiger partial charge is 0.0438 e. The zero-order valence-electron chi connectivity index (χ0n) is 13.2. The van der Waals surface area contributed by atoms with E-state index in [9.17, 15) is 0 Å². The highest BCUT2D eigenvalue weighted by Crippen LogP contribution is 2.58. The molecule has 2 heterocycles. The first-order valence-corrected chi connectivity index (χ1v) is 9.81. The summed E-state index contributed by atoms with van der Waals surface area (Å²) in [6, 6.07) is 2.39. The fourth-order valence-corrected chi connectivity index (χ4v) is 6.82. The summed E-state index contributed by atoms with van der Waals surface area (Å²) >= 11 is 4.08. The maximum Gasteiger partial charge on any atom is 0.0438 e. The minimum Gasteiger partial charge on any atom is -0.143 e. The Kier molecular flexibility index (Phi) is 4.07. The third-order valence-corrected chi connectivity index (χ3v) is 6.84. The van der Waals surface area contributed by atoms with Crippen molar-refractivity contribution in [2.75, 3.05) is 5.75 Å². The van der Waals surface area contributed by atoms with Gasteiger partial charge < -0.3 is 0 Å². The zero-order chi connectivity index (χ0) is 14.3. The molecule has 3 rings (SSSR count). The molecule has 0 atom stereocenters. The lowest BCUT2D eigenvalue weighted by Gasteiger charge is -2.42. The highest BCUT2D eigenvalue weighted by Gasteiger charge is 2.43. The summed E-state index contributed by atoms with van der Waals surface area (Å²) in [4.78, 5) is 3.27. The van der Waals surface area contributed by atoms with Crippen molar-refractivity contribution in [1.29, 1.82) is 0 Å². The SMILES string of the molecule is CC(C)CC1(CC(C)C)Cc2ccsc2C2=C1CCS2. The maximum absolute atomic E-state index is 2.40. The van der Waals surface area contributed by atoms with Gasteiger partial charge in [-0.2, -0.15) is 0 Å². The molecule has 2 aliphatic rings. The summed E-state index contributed by atoms with van der Waals surface area (Å²) < 4.78 is 0. The van der Waals surface area contributed by atoms with E-state index < -0.39 is 0 Å². The van der Waals surface area contributed by atoms with Crippen molar-refractivity contribution in [1.82, 2.24) is 0 Å². The molecule has 0 saturated carbocycles. The molecule has 110 valence electrons. The van der Waals surface area contributed by atoms with Crippen LogP contribution in [0.25, 0.3) is 4.91 Å². The lowest BCUT2D eigenvalue weighted by atomic mass is 9.63. The lowest BCUT2D eigenvalue weighted by molar-refractivity contribution is 0.222. The minimum absolute atomic E-state index is 0.454. The molecule has 0 saturated heterocycles. The highest BCUT2D eigenvalue weighted by atomic mass is 32.2. The van der Waals surface area contributed by atoms with Crippen molar-refractivity contribution in [3.05, 3.63) is 27.5 Å². The van der Waals surface area contributed by atoms with Gasteiger partial charge in [-0.1, -0.05) is 27.7 Å². The van der Waals surface area contributed by atoms with Crippen LogP contribution >= 0.6 is 23.1 Å². The van der Waals surface area contributed by atoms with Crippen LogP contribution in [0, 0.1) is 17.3 Å². The van der Waals surface area contributed by atoms with Crippen molar-refractivity contribution < 1.29 is 0 Å². The van der Waals surface area contributed by atoms with Crippen molar-refractivity contribution in [2.24, 2.45) is 17.3 Å². The Morgan fingerprint density at radius 3 is 2.50 bits per heavy atom. The number of hydrogen-bond acceptors (Lipinski definition) is 2. The van der Waals surface area contributed by atoms with Crippen molar-refractivity contribution in [2.45, 2.75) is 53.4 Å². The van der Waals surface area contributed by atoms with E-state index in [1.807, 2.05) is 16.9 Å². The first kappa shape index (κ1) is 14.7. The molecule has 1 aliphatic carbocycles. The number of thiophene rings is 1. The Hall–Kier alpha value is -0.210. The molecule has 1 aliphatic heterocycles. The van der Waals surface area contributed by atoms with Gasteiger partial charge in [-0.3, -0.25) is 0 Å². The van der Waals surface area contributed by atoms with Gasteiger partial charge in [0, 0.05) is 15.5 Å². The van der Waals surface area contributed by atoms with Gasteiger partial charge in [0.25, 0.3) is 0 Å². The third-order valence-electron chi connectivity index (χ3n) is 4.59. The summed E-state index contributed by atoms with van der Waals surface area (Å²) in [5, 5.41) is 2.30. The molecular weight excluding hydrogens is 280 g/mol. The average molecular weight is 307 g/mol. The van der Waals surface area contributed by atoms with Gasteiger partial charge in [0.15, 0.2) is 0 Å². The molecule has 1 aromatic rings. The Bertz CT molecular complexity index is 509. The van der Waals surface area contributed by atoms with Crippen LogP contribution in [-0.2, 0) is 6.42 Å². The predicted molar refractivity (Wildman–Crippen MR) is 93.4 cm³/mol. The van der Waals surface area contributed by atoms with Crippen LogP contribution in [0.4, 0.5) is 0 Å². The minimum atomic E-state index is 0.454. The first-order chi connectivity index (χ1) is 9.52. The van der Waals surface area contributed by atoms with Crippen LogP contribution in [0.1, 0.15) is 57.4 Å². The third kappa shape index (κ3) is 2.50. The number of fused-ring (bicyclic) bond motifs is 2. The predicted octanol–water partition coefficient (Wildman–Crippen LogP) is 6.23. The van der Waals surface area contributed by atoms with Crippen LogP contribution in [0.5, 0.6) is 0 Å². The average Bonchev–Trinajstić information content (AvgIpc) is 2.92. The quantitative estimate of drug-likeness (QED) is 0.635. The Morgan fingerprint density at radius 2 is 1.85 bits per heavy atom. The molecule has 20 heavy (non-hydrogen) atoms. The molecule has 0 unspecified atom stereocenters. The first-order valence-electron chi connectivity index (χ1n) is 7.95. The number of allylic oxidation sites excluding steroid dienone is 1. The van der Waals surface area contributed by atoms with E-state index in [2.05, 4.69) is 50.9 Å². The summed E-state index contributed by atoms with van der Waals surface area (Å²) in [6.07, 6.45) is 5.35. The van der Waals surface area contributed by atoms with Crippen molar-refractivity contribution >= 4 is 28.0 Å². The van der Waals surface area contributed by atoms with Crippen LogP contribution in [0.15, 0.2) is 17.0 Å². The standard InChI is InChI=1S/C18H26S2/c1-12(2)9-18(10-13(3)4)11-14-5-7-19-16(14)17-15(18)6-8-20-17/h5,7,12-13H,6,8-11H2,1-4H3. The Labute approximate surface area is 132 Å². The molecule has 0 spiro atoms. The summed E-state index contributed by atoms with van der Waals surface area (Å²) in [7, 11) is 0. The van der Waals surface area contributed by atoms with E-state index in [4.69, 9.17) is 0 Å². The fourth-order valence-electron chi connectivity index (χ4n) is 4.35. The van der Waals surface area contributed by atoms with Gasteiger partial charge in [0.2, 0.25) is 0 Å². The monoisotopic (exact) mass is 306 g/mol. The second kappa shape index (κ2) is 5.53. The molecule has 0 amide bonds. The largest absolute Gasteiger partial charge is 0.143 e. The maximum atomic E-state index is 2.40. The molecule has 0 bridgehead atoms. The molecule has 2 heteroatoms. The summed E-state index contributed by atoms with van der Waals surface area (Å²) in [5.74, 6) is 2.88. The van der Waals surface area contributed by atoms with Gasteiger partial charge in [-0.05, 0) is 65.5 Å². The van der Waals surface area contributed by atoms with E-state index in [-0.39, 0.29) is 0 Å². The summed E-state index contributed by atoms with van der Waals surface area (Å²) in [5.41, 5.74) is 3.90. The number of rotatable bonds is 4. The lowest BCUT2D eigenvalue weighted by Crippen LogP contribution is -2.32. The molecule has 0 nitrogen and oxygen atoms in total. The zero-order valence-corrected chi connectivity index (χ0v) is 14.8. The molecule has 0 radical (unpaired) electrons. The molecule has 0 fully saturated rings.